The Hall–Kier alpha value is -0.710. The van der Waals surface area contributed by atoms with Gasteiger partial charge in [0.05, 0.1) is 5.54 Å². The van der Waals surface area contributed by atoms with Crippen LogP contribution in [0.2, 0.25) is 0 Å². The van der Waals surface area contributed by atoms with E-state index in [1.165, 1.54) is 6.92 Å². The van der Waals surface area contributed by atoms with Gasteiger partial charge >= 0.3 is 0 Å². The Labute approximate surface area is 83.0 Å². The molecule has 3 N–H and O–H groups in total. The molecule has 0 spiro atoms. The van der Waals surface area contributed by atoms with Crippen LogP contribution in [-0.4, -0.2) is 24.4 Å². The first kappa shape index (κ1) is 13.3. The Morgan fingerprint density at radius 2 is 2.00 bits per heavy atom. The Balaban J connectivity index is 3.80. The minimum absolute atomic E-state index is 0.0725. The van der Waals surface area contributed by atoms with E-state index >= 15 is 0 Å². The van der Waals surface area contributed by atoms with E-state index in [-0.39, 0.29) is 24.8 Å². The average Bonchev–Trinajstić information content (AvgIpc) is 2.03. The smallest absolute Gasteiger partial charge is 0.256 e. The van der Waals surface area contributed by atoms with Gasteiger partial charge in [0.25, 0.3) is 6.43 Å². The molecule has 1 atom stereocenters. The first-order chi connectivity index (χ1) is 6.27. The standard InChI is InChI=1S/C9H18F2N2O/c1-6(2)7(14)13-5-4-9(3,12)8(10)11/h6,8H,4-5,12H2,1-3H3,(H,13,14). The fourth-order valence-corrected chi connectivity index (χ4v) is 0.768. The molecule has 0 aliphatic carbocycles. The Morgan fingerprint density at radius 1 is 1.50 bits per heavy atom. The second-order valence-corrected chi connectivity index (χ2v) is 4.00. The Morgan fingerprint density at radius 3 is 2.36 bits per heavy atom. The lowest BCUT2D eigenvalue weighted by atomic mass is 10.0. The van der Waals surface area contributed by atoms with Gasteiger partial charge in [-0.05, 0) is 13.3 Å². The van der Waals surface area contributed by atoms with Crippen molar-refractivity contribution >= 4 is 5.91 Å². The van der Waals surface area contributed by atoms with Crippen molar-refractivity contribution in [1.29, 1.82) is 0 Å². The van der Waals surface area contributed by atoms with Gasteiger partial charge in [-0.1, -0.05) is 13.8 Å². The lowest BCUT2D eigenvalue weighted by Crippen LogP contribution is -2.46. The average molecular weight is 208 g/mol. The van der Waals surface area contributed by atoms with E-state index in [1.54, 1.807) is 13.8 Å². The first-order valence-electron chi connectivity index (χ1n) is 4.62. The van der Waals surface area contributed by atoms with E-state index < -0.39 is 12.0 Å². The largest absolute Gasteiger partial charge is 0.356 e. The molecule has 0 saturated heterocycles. The van der Waals surface area contributed by atoms with Crippen LogP contribution in [0.5, 0.6) is 0 Å². The van der Waals surface area contributed by atoms with Crippen molar-refractivity contribution < 1.29 is 13.6 Å². The normalized spacial score (nSPS) is 15.7. The van der Waals surface area contributed by atoms with Crippen LogP contribution >= 0.6 is 0 Å². The summed E-state index contributed by atoms with van der Waals surface area (Å²) in [7, 11) is 0. The molecule has 0 rings (SSSR count). The molecule has 0 bridgehead atoms. The minimum Gasteiger partial charge on any atom is -0.356 e. The molecule has 0 saturated carbocycles. The summed E-state index contributed by atoms with van der Waals surface area (Å²) >= 11 is 0. The second-order valence-electron chi connectivity index (χ2n) is 4.00. The zero-order valence-corrected chi connectivity index (χ0v) is 8.81. The van der Waals surface area contributed by atoms with Crippen LogP contribution in [0.1, 0.15) is 27.2 Å². The van der Waals surface area contributed by atoms with Gasteiger partial charge in [-0.15, -0.1) is 0 Å². The van der Waals surface area contributed by atoms with Crippen LogP contribution < -0.4 is 11.1 Å². The molecule has 0 aromatic heterocycles. The molecule has 5 heteroatoms. The topological polar surface area (TPSA) is 55.1 Å². The summed E-state index contributed by atoms with van der Waals surface area (Å²) in [5.74, 6) is -0.277. The third-order valence-corrected chi connectivity index (χ3v) is 1.99. The summed E-state index contributed by atoms with van der Waals surface area (Å²) in [6.45, 7) is 4.95. The van der Waals surface area contributed by atoms with E-state index in [4.69, 9.17) is 5.73 Å². The summed E-state index contributed by atoms with van der Waals surface area (Å²) in [5, 5.41) is 2.54. The monoisotopic (exact) mass is 208 g/mol. The number of halogens is 2. The van der Waals surface area contributed by atoms with Gasteiger partial charge in [-0.2, -0.15) is 0 Å². The number of carbonyl (C=O) groups is 1. The quantitative estimate of drug-likeness (QED) is 0.711. The number of nitrogens with two attached hydrogens (primary N) is 1. The highest BCUT2D eigenvalue weighted by Crippen LogP contribution is 2.15. The molecule has 84 valence electrons. The zero-order chi connectivity index (χ0) is 11.4. The highest BCUT2D eigenvalue weighted by molar-refractivity contribution is 5.77. The molecule has 0 aliphatic heterocycles. The fraction of sp³-hybridized carbons (Fsp3) is 0.889. The van der Waals surface area contributed by atoms with Gasteiger partial charge in [0.15, 0.2) is 0 Å². The second kappa shape index (κ2) is 5.24. The van der Waals surface area contributed by atoms with Crippen molar-refractivity contribution in [3.05, 3.63) is 0 Å². The predicted molar refractivity (Wildman–Crippen MR) is 51.1 cm³/mol. The summed E-state index contributed by atoms with van der Waals surface area (Å²) in [6.07, 6.45) is -2.50. The van der Waals surface area contributed by atoms with E-state index in [1.807, 2.05) is 0 Å². The molecule has 14 heavy (non-hydrogen) atoms. The van der Waals surface area contributed by atoms with Gasteiger partial charge in [0, 0.05) is 12.5 Å². The maximum atomic E-state index is 12.3. The molecule has 0 heterocycles. The molecule has 3 nitrogen and oxygen atoms in total. The van der Waals surface area contributed by atoms with Crippen molar-refractivity contribution in [3.8, 4) is 0 Å². The first-order valence-corrected chi connectivity index (χ1v) is 4.62. The maximum Gasteiger partial charge on any atom is 0.256 e. The molecular weight excluding hydrogens is 190 g/mol. The molecule has 0 aliphatic rings. The number of rotatable bonds is 5. The molecular formula is C9H18F2N2O. The molecule has 0 fully saturated rings. The minimum atomic E-state index is -2.57. The number of hydrogen-bond donors (Lipinski definition) is 2. The predicted octanol–water partition coefficient (Wildman–Crippen LogP) is 1.13. The van der Waals surface area contributed by atoms with Crippen LogP contribution in [0.15, 0.2) is 0 Å². The lowest BCUT2D eigenvalue weighted by Gasteiger charge is -2.23. The van der Waals surface area contributed by atoms with E-state index in [9.17, 15) is 13.6 Å². The van der Waals surface area contributed by atoms with Gasteiger partial charge in [-0.3, -0.25) is 4.79 Å². The van der Waals surface area contributed by atoms with Crippen LogP contribution in [0.3, 0.4) is 0 Å². The van der Waals surface area contributed by atoms with Gasteiger partial charge in [0.1, 0.15) is 0 Å². The van der Waals surface area contributed by atoms with Crippen molar-refractivity contribution in [2.24, 2.45) is 11.7 Å². The number of nitrogens with one attached hydrogen (secondary N) is 1. The number of amides is 1. The van der Waals surface area contributed by atoms with Crippen LogP contribution in [-0.2, 0) is 4.79 Å². The van der Waals surface area contributed by atoms with E-state index in [0.717, 1.165) is 0 Å². The lowest BCUT2D eigenvalue weighted by molar-refractivity contribution is -0.124. The zero-order valence-electron chi connectivity index (χ0n) is 8.81. The molecule has 0 aromatic carbocycles. The van der Waals surface area contributed by atoms with Gasteiger partial charge in [0.2, 0.25) is 5.91 Å². The molecule has 0 aromatic rings. The summed E-state index contributed by atoms with van der Waals surface area (Å²) < 4.78 is 24.5. The van der Waals surface area contributed by atoms with E-state index in [2.05, 4.69) is 5.32 Å². The van der Waals surface area contributed by atoms with Crippen molar-refractivity contribution in [3.63, 3.8) is 0 Å². The summed E-state index contributed by atoms with van der Waals surface area (Å²) in [4.78, 5) is 11.1. The van der Waals surface area contributed by atoms with Crippen molar-refractivity contribution in [2.45, 2.75) is 39.2 Å². The third-order valence-electron chi connectivity index (χ3n) is 1.99. The van der Waals surface area contributed by atoms with Crippen molar-refractivity contribution in [2.75, 3.05) is 6.54 Å². The van der Waals surface area contributed by atoms with Crippen molar-refractivity contribution in [1.82, 2.24) is 5.32 Å². The highest BCUT2D eigenvalue weighted by Gasteiger charge is 2.29. The fourth-order valence-electron chi connectivity index (χ4n) is 0.768. The Kier molecular flexibility index (Phi) is 4.97. The van der Waals surface area contributed by atoms with Crippen LogP contribution in [0.25, 0.3) is 0 Å². The number of carbonyl (C=O) groups excluding carboxylic acids is 1. The van der Waals surface area contributed by atoms with E-state index in [0.29, 0.717) is 0 Å². The maximum absolute atomic E-state index is 12.3. The SMILES string of the molecule is CC(C)C(=O)NCCC(C)(N)C(F)F. The third kappa shape index (κ3) is 4.50. The summed E-state index contributed by atoms with van der Waals surface area (Å²) in [5.41, 5.74) is 3.80. The molecule has 1 amide bonds. The molecule has 1 unspecified atom stereocenters. The van der Waals surface area contributed by atoms with Gasteiger partial charge < -0.3 is 11.1 Å². The number of hydrogen-bond acceptors (Lipinski definition) is 2. The highest BCUT2D eigenvalue weighted by atomic mass is 19.3. The van der Waals surface area contributed by atoms with Crippen LogP contribution in [0, 0.1) is 5.92 Å². The van der Waals surface area contributed by atoms with Gasteiger partial charge in [-0.25, -0.2) is 8.78 Å². The summed E-state index contributed by atoms with van der Waals surface area (Å²) in [6, 6.07) is 0. The van der Waals surface area contributed by atoms with Crippen LogP contribution in [0.4, 0.5) is 8.78 Å². The molecule has 0 radical (unpaired) electrons. The Bertz CT molecular complexity index is 193. The number of alkyl halides is 2.